The van der Waals surface area contributed by atoms with Crippen LogP contribution in [0.2, 0.25) is 10.0 Å². The fourth-order valence-corrected chi connectivity index (χ4v) is 3.60. The van der Waals surface area contributed by atoms with Gasteiger partial charge in [-0.3, -0.25) is 4.79 Å². The minimum Gasteiger partial charge on any atom is -0.378 e. The number of nitrogens with one attached hydrogen (secondary N) is 2. The zero-order valence-corrected chi connectivity index (χ0v) is 18.6. The van der Waals surface area contributed by atoms with Crippen molar-refractivity contribution in [3.05, 3.63) is 63.4 Å². The number of hydrogen-bond donors (Lipinski definition) is 2. The maximum Gasteiger partial charge on any atom is 0.234 e. The second kappa shape index (κ2) is 9.52. The summed E-state index contributed by atoms with van der Waals surface area (Å²) in [6, 6.07) is 11.2. The molecule has 0 aliphatic carbocycles. The molecule has 0 atom stereocenters. The van der Waals surface area contributed by atoms with E-state index in [1.165, 1.54) is 11.8 Å². The topological polar surface area (TPSA) is 71.8 Å². The normalized spacial score (nSPS) is 10.8. The van der Waals surface area contributed by atoms with Gasteiger partial charge in [-0.15, -0.1) is 10.2 Å². The lowest BCUT2D eigenvalue weighted by atomic mass is 10.2. The fraction of sp³-hybridized carbons (Fsp3) is 0.250. The Morgan fingerprint density at radius 2 is 1.66 bits per heavy atom. The Hall–Kier alpha value is -2.22. The van der Waals surface area contributed by atoms with Gasteiger partial charge >= 0.3 is 0 Å². The van der Waals surface area contributed by atoms with Gasteiger partial charge in [-0.1, -0.05) is 47.1 Å². The van der Waals surface area contributed by atoms with Crippen molar-refractivity contribution in [1.29, 1.82) is 0 Å². The van der Waals surface area contributed by atoms with E-state index in [1.807, 2.05) is 55.8 Å². The number of hydrogen-bond acceptors (Lipinski definition) is 5. The van der Waals surface area contributed by atoms with E-state index in [4.69, 9.17) is 23.2 Å². The Morgan fingerprint density at radius 1 is 1.03 bits per heavy atom. The third-order valence-corrected chi connectivity index (χ3v) is 6.17. The van der Waals surface area contributed by atoms with Crippen molar-refractivity contribution in [2.45, 2.75) is 25.5 Å². The maximum absolute atomic E-state index is 12.2. The zero-order chi connectivity index (χ0) is 21.0. The Balaban J connectivity index is 1.54. The van der Waals surface area contributed by atoms with Gasteiger partial charge in [0.1, 0.15) is 0 Å². The van der Waals surface area contributed by atoms with Crippen LogP contribution in [0.3, 0.4) is 0 Å². The van der Waals surface area contributed by atoms with Crippen molar-refractivity contribution in [2.75, 3.05) is 16.4 Å². The number of thioether (sulfide) groups is 1. The molecule has 0 saturated heterocycles. The van der Waals surface area contributed by atoms with Gasteiger partial charge in [-0.05, 0) is 49.2 Å². The van der Waals surface area contributed by atoms with Crippen LogP contribution in [-0.4, -0.2) is 26.4 Å². The smallest absolute Gasteiger partial charge is 0.234 e. The fourth-order valence-electron chi connectivity index (χ4n) is 2.51. The molecule has 3 rings (SSSR count). The predicted octanol–water partition coefficient (Wildman–Crippen LogP) is 5.08. The second-order valence-corrected chi connectivity index (χ2v) is 8.33. The van der Waals surface area contributed by atoms with Gasteiger partial charge in [0.25, 0.3) is 0 Å². The number of anilines is 2. The highest BCUT2D eigenvalue weighted by atomic mass is 35.5. The molecule has 9 heteroatoms. The minimum absolute atomic E-state index is 0.133. The highest BCUT2D eigenvalue weighted by Gasteiger charge is 2.12. The Morgan fingerprint density at radius 3 is 2.31 bits per heavy atom. The van der Waals surface area contributed by atoms with Crippen molar-refractivity contribution in [3.63, 3.8) is 0 Å². The van der Waals surface area contributed by atoms with Crippen LogP contribution in [0.15, 0.2) is 41.6 Å². The van der Waals surface area contributed by atoms with Crippen LogP contribution in [0, 0.1) is 13.8 Å². The molecule has 0 saturated carbocycles. The molecule has 152 valence electrons. The van der Waals surface area contributed by atoms with Crippen LogP contribution in [0.4, 0.5) is 11.4 Å². The molecule has 0 fully saturated rings. The second-order valence-electron chi connectivity index (χ2n) is 6.58. The summed E-state index contributed by atoms with van der Waals surface area (Å²) in [6.45, 7) is 4.37. The molecule has 1 heterocycles. The number of carbonyl (C=O) groups excluding carboxylic acids is 1. The van der Waals surface area contributed by atoms with Crippen molar-refractivity contribution < 1.29 is 4.79 Å². The number of amides is 1. The van der Waals surface area contributed by atoms with E-state index in [9.17, 15) is 4.79 Å². The molecule has 2 N–H and O–H groups in total. The molecule has 29 heavy (non-hydrogen) atoms. The van der Waals surface area contributed by atoms with Crippen molar-refractivity contribution in [2.24, 2.45) is 7.05 Å². The van der Waals surface area contributed by atoms with Gasteiger partial charge in [-0.25, -0.2) is 0 Å². The van der Waals surface area contributed by atoms with Crippen LogP contribution < -0.4 is 10.6 Å². The summed E-state index contributed by atoms with van der Waals surface area (Å²) < 4.78 is 1.86. The quantitative estimate of drug-likeness (QED) is 0.491. The van der Waals surface area contributed by atoms with Crippen molar-refractivity contribution >= 4 is 52.2 Å². The molecule has 0 bridgehead atoms. The highest BCUT2D eigenvalue weighted by molar-refractivity contribution is 7.99. The van der Waals surface area contributed by atoms with E-state index in [0.29, 0.717) is 27.4 Å². The van der Waals surface area contributed by atoms with Crippen molar-refractivity contribution in [1.82, 2.24) is 14.8 Å². The first-order valence-electron chi connectivity index (χ1n) is 8.90. The summed E-state index contributed by atoms with van der Waals surface area (Å²) in [5.74, 6) is 0.847. The van der Waals surface area contributed by atoms with Crippen LogP contribution in [0.1, 0.15) is 17.0 Å². The lowest BCUT2D eigenvalue weighted by molar-refractivity contribution is -0.113. The number of aromatic nitrogens is 3. The standard InChI is InChI=1S/C20H21Cl2N5OS/c1-12-4-6-14(8-16(12)21)23-10-18-25-26-20(27(18)3)29-11-19(28)24-15-7-5-13(2)17(22)9-15/h4-9,23H,10-11H2,1-3H3,(H,24,28). The van der Waals surface area contributed by atoms with Crippen LogP contribution in [-0.2, 0) is 18.4 Å². The summed E-state index contributed by atoms with van der Waals surface area (Å²) in [4.78, 5) is 12.2. The maximum atomic E-state index is 12.2. The van der Waals surface area contributed by atoms with E-state index < -0.39 is 0 Å². The third-order valence-electron chi connectivity index (χ3n) is 4.34. The van der Waals surface area contributed by atoms with Gasteiger partial charge in [0.05, 0.1) is 12.3 Å². The van der Waals surface area contributed by atoms with Gasteiger partial charge in [-0.2, -0.15) is 0 Å². The predicted molar refractivity (Wildman–Crippen MR) is 120 cm³/mol. The van der Waals surface area contributed by atoms with E-state index in [-0.39, 0.29) is 11.7 Å². The average molecular weight is 450 g/mol. The Bertz CT molecular complexity index is 1040. The van der Waals surface area contributed by atoms with E-state index in [0.717, 1.165) is 22.6 Å². The van der Waals surface area contributed by atoms with Gasteiger partial charge in [0.2, 0.25) is 5.91 Å². The molecular formula is C20H21Cl2N5OS. The molecule has 0 radical (unpaired) electrons. The largest absolute Gasteiger partial charge is 0.378 e. The average Bonchev–Trinajstić information content (AvgIpc) is 3.04. The molecular weight excluding hydrogens is 429 g/mol. The van der Waals surface area contributed by atoms with Crippen LogP contribution in [0.5, 0.6) is 0 Å². The molecule has 1 aromatic heterocycles. The summed E-state index contributed by atoms with van der Waals surface area (Å²) in [5, 5.41) is 16.5. The SMILES string of the molecule is Cc1ccc(NCc2nnc(SCC(=O)Nc3ccc(C)c(Cl)c3)n2C)cc1Cl. The molecule has 6 nitrogen and oxygen atoms in total. The molecule has 2 aromatic carbocycles. The number of rotatable bonds is 7. The monoisotopic (exact) mass is 449 g/mol. The molecule has 3 aromatic rings. The lowest BCUT2D eigenvalue weighted by Crippen LogP contribution is -2.14. The first-order valence-corrected chi connectivity index (χ1v) is 10.6. The van der Waals surface area contributed by atoms with Crippen LogP contribution >= 0.6 is 35.0 Å². The molecule has 0 aliphatic rings. The number of aryl methyl sites for hydroxylation is 2. The molecule has 0 spiro atoms. The van der Waals surface area contributed by atoms with E-state index in [2.05, 4.69) is 20.8 Å². The first-order chi connectivity index (χ1) is 13.8. The van der Waals surface area contributed by atoms with Crippen molar-refractivity contribution in [3.8, 4) is 0 Å². The third kappa shape index (κ3) is 5.65. The van der Waals surface area contributed by atoms with Gasteiger partial charge in [0, 0.05) is 28.5 Å². The Kier molecular flexibility index (Phi) is 7.05. The highest BCUT2D eigenvalue weighted by Crippen LogP contribution is 2.22. The van der Waals surface area contributed by atoms with E-state index >= 15 is 0 Å². The van der Waals surface area contributed by atoms with Gasteiger partial charge in [0.15, 0.2) is 11.0 Å². The summed E-state index contributed by atoms with van der Waals surface area (Å²) in [6.07, 6.45) is 0. The first kappa shape index (κ1) is 21.5. The molecule has 1 amide bonds. The summed E-state index contributed by atoms with van der Waals surface area (Å²) >= 11 is 13.6. The molecule has 0 aliphatic heterocycles. The molecule has 0 unspecified atom stereocenters. The number of carbonyl (C=O) groups is 1. The summed E-state index contributed by atoms with van der Waals surface area (Å²) in [5.41, 5.74) is 3.58. The van der Waals surface area contributed by atoms with Crippen LogP contribution in [0.25, 0.3) is 0 Å². The minimum atomic E-state index is -0.133. The lowest BCUT2D eigenvalue weighted by Gasteiger charge is -2.08. The zero-order valence-electron chi connectivity index (χ0n) is 16.3. The number of halogens is 2. The summed E-state index contributed by atoms with van der Waals surface area (Å²) in [7, 11) is 1.87. The number of nitrogens with zero attached hydrogens (tertiary/aromatic N) is 3. The van der Waals surface area contributed by atoms with Gasteiger partial charge < -0.3 is 15.2 Å². The number of benzene rings is 2. The Labute approximate surface area is 184 Å². The van der Waals surface area contributed by atoms with E-state index in [1.54, 1.807) is 6.07 Å².